The van der Waals surface area contributed by atoms with E-state index < -0.39 is 0 Å². The molecule has 1 aromatic carbocycles. The highest BCUT2D eigenvalue weighted by atomic mass is 32.1. The Hall–Kier alpha value is -3.50. The second-order valence-corrected chi connectivity index (χ2v) is 9.89. The Morgan fingerprint density at radius 2 is 1.97 bits per heavy atom. The third-order valence-corrected chi connectivity index (χ3v) is 7.32. The van der Waals surface area contributed by atoms with Crippen molar-refractivity contribution in [2.24, 2.45) is 0 Å². The van der Waals surface area contributed by atoms with Gasteiger partial charge in [-0.25, -0.2) is 15.0 Å². The number of nitrogens with one attached hydrogen (secondary N) is 2. The number of pyridine rings is 1. The first-order valence-corrected chi connectivity index (χ1v) is 12.8. The van der Waals surface area contributed by atoms with E-state index in [9.17, 15) is 4.79 Å². The second-order valence-electron chi connectivity index (χ2n) is 9.00. The number of nitrogens with zero attached hydrogens (tertiary/aromatic N) is 5. The molecular weight excluding hydrogens is 462 g/mol. The number of piperazine rings is 1. The van der Waals surface area contributed by atoms with Gasteiger partial charge in [0.1, 0.15) is 17.1 Å². The van der Waals surface area contributed by atoms with Gasteiger partial charge < -0.3 is 19.9 Å². The van der Waals surface area contributed by atoms with Crippen molar-refractivity contribution in [3.63, 3.8) is 0 Å². The lowest BCUT2D eigenvalue weighted by Gasteiger charge is -2.36. The maximum Gasteiger partial charge on any atom is 0.240 e. The van der Waals surface area contributed by atoms with Gasteiger partial charge in [0.25, 0.3) is 0 Å². The van der Waals surface area contributed by atoms with Crippen LogP contribution in [0.15, 0.2) is 42.0 Å². The summed E-state index contributed by atoms with van der Waals surface area (Å²) < 4.78 is 5.29. The predicted molar refractivity (Wildman–Crippen MR) is 137 cm³/mol. The molecule has 3 aromatic heterocycles. The monoisotopic (exact) mass is 489 g/mol. The topological polar surface area (TPSA) is 99.3 Å². The fourth-order valence-electron chi connectivity index (χ4n) is 4.65. The van der Waals surface area contributed by atoms with Gasteiger partial charge in [0.05, 0.1) is 19.3 Å². The van der Waals surface area contributed by atoms with Crippen LogP contribution < -0.4 is 15.0 Å². The number of amides is 1. The normalized spacial score (nSPS) is 16.5. The third kappa shape index (κ3) is 4.59. The second kappa shape index (κ2) is 9.27. The van der Waals surface area contributed by atoms with Crippen LogP contribution in [-0.2, 0) is 4.79 Å². The molecule has 1 saturated heterocycles. The Labute approximate surface area is 207 Å². The summed E-state index contributed by atoms with van der Waals surface area (Å²) in [6, 6.07) is 7.90. The molecule has 1 amide bonds. The summed E-state index contributed by atoms with van der Waals surface area (Å²) in [7, 11) is 1.67. The number of ether oxygens (including phenoxy) is 1. The zero-order chi connectivity index (χ0) is 23.8. The number of hydrogen-bond acceptors (Lipinski definition) is 8. The summed E-state index contributed by atoms with van der Waals surface area (Å²) in [4.78, 5) is 34.2. The molecule has 4 aromatic rings. The molecule has 10 heteroatoms. The Morgan fingerprint density at radius 3 is 2.66 bits per heavy atom. The van der Waals surface area contributed by atoms with Crippen molar-refractivity contribution in [1.29, 1.82) is 0 Å². The quantitative estimate of drug-likeness (QED) is 0.408. The molecule has 1 aliphatic heterocycles. The molecule has 9 nitrogen and oxygen atoms in total. The van der Waals surface area contributed by atoms with Crippen LogP contribution in [0.1, 0.15) is 24.3 Å². The summed E-state index contributed by atoms with van der Waals surface area (Å²) >= 11 is 1.43. The first-order chi connectivity index (χ1) is 17.2. The number of rotatable bonds is 7. The summed E-state index contributed by atoms with van der Waals surface area (Å²) in [6.07, 6.45) is 6.12. The highest BCUT2D eigenvalue weighted by Crippen LogP contribution is 2.46. The van der Waals surface area contributed by atoms with Crippen LogP contribution in [0.2, 0.25) is 0 Å². The number of thiazole rings is 1. The van der Waals surface area contributed by atoms with Crippen molar-refractivity contribution in [2.75, 3.05) is 50.1 Å². The Kier molecular flexibility index (Phi) is 5.83. The van der Waals surface area contributed by atoms with Crippen LogP contribution >= 0.6 is 11.3 Å². The largest absolute Gasteiger partial charge is 0.497 e. The zero-order valence-corrected chi connectivity index (χ0v) is 20.3. The summed E-state index contributed by atoms with van der Waals surface area (Å²) in [5.74, 6) is 2.17. The van der Waals surface area contributed by atoms with Gasteiger partial charge in [-0.15, -0.1) is 11.3 Å². The number of H-pyrrole nitrogens is 1. The molecule has 2 fully saturated rings. The molecule has 0 radical (unpaired) electrons. The molecule has 180 valence electrons. The van der Waals surface area contributed by atoms with Crippen LogP contribution in [0.3, 0.4) is 0 Å². The number of imidazole rings is 1. The highest BCUT2D eigenvalue weighted by Gasteiger charge is 2.32. The summed E-state index contributed by atoms with van der Waals surface area (Å²) in [6.45, 7) is 3.71. The Balaban J connectivity index is 1.22. The summed E-state index contributed by atoms with van der Waals surface area (Å²) in [5.41, 5.74) is 5.25. The molecule has 0 atom stereocenters. The molecule has 2 aliphatic rings. The van der Waals surface area contributed by atoms with Gasteiger partial charge in [0.15, 0.2) is 10.8 Å². The standard InChI is InChI=1S/C25H27N7O2S/c1-34-18-6-4-17(5-7-18)23-29-21-22(19(16-2-3-16)14-27-24(21)30-23)32-11-9-31(10-12-32)15-20(33)28-25-26-8-13-35-25/h4-8,13-14,16H,2-3,9-12,15H2,1H3,(H,26,28,33)(H,27,29,30). The first-order valence-electron chi connectivity index (χ1n) is 11.9. The van der Waals surface area contributed by atoms with Crippen molar-refractivity contribution in [3.8, 4) is 17.1 Å². The number of methoxy groups -OCH3 is 1. The number of anilines is 2. The molecule has 4 heterocycles. The Bertz CT molecular complexity index is 1320. The minimum Gasteiger partial charge on any atom is -0.497 e. The van der Waals surface area contributed by atoms with Crippen molar-refractivity contribution in [2.45, 2.75) is 18.8 Å². The van der Waals surface area contributed by atoms with Gasteiger partial charge >= 0.3 is 0 Å². The number of fused-ring (bicyclic) bond motifs is 1. The van der Waals surface area contributed by atoms with Crippen LogP contribution in [0.5, 0.6) is 5.75 Å². The number of aromatic nitrogens is 4. The molecule has 0 spiro atoms. The number of aromatic amines is 1. The predicted octanol–water partition coefficient (Wildman–Crippen LogP) is 3.73. The molecule has 0 unspecified atom stereocenters. The van der Waals surface area contributed by atoms with Crippen molar-refractivity contribution in [3.05, 3.63) is 47.6 Å². The van der Waals surface area contributed by atoms with E-state index in [-0.39, 0.29) is 5.91 Å². The van der Waals surface area contributed by atoms with Crippen molar-refractivity contribution >= 4 is 39.2 Å². The number of benzene rings is 1. The van der Waals surface area contributed by atoms with Gasteiger partial charge in [-0.3, -0.25) is 9.69 Å². The van der Waals surface area contributed by atoms with Crippen LogP contribution in [0.25, 0.3) is 22.6 Å². The number of hydrogen-bond donors (Lipinski definition) is 2. The van der Waals surface area contributed by atoms with E-state index >= 15 is 0 Å². The van der Waals surface area contributed by atoms with Crippen LogP contribution in [0, 0.1) is 0 Å². The highest BCUT2D eigenvalue weighted by molar-refractivity contribution is 7.13. The number of carbonyl (C=O) groups excluding carboxylic acids is 1. The average Bonchev–Trinajstić information content (AvgIpc) is 3.43. The van der Waals surface area contributed by atoms with Gasteiger partial charge in [-0.2, -0.15) is 0 Å². The first kappa shape index (κ1) is 22.0. The fourth-order valence-corrected chi connectivity index (χ4v) is 5.20. The maximum absolute atomic E-state index is 12.4. The molecule has 1 aliphatic carbocycles. The SMILES string of the molecule is COc1ccc(-c2nc3ncc(C4CC4)c(N4CCN(CC(=O)Nc5nccs5)CC4)c3[nH]2)cc1. The smallest absolute Gasteiger partial charge is 0.240 e. The zero-order valence-electron chi connectivity index (χ0n) is 19.5. The van der Waals surface area contributed by atoms with E-state index in [0.29, 0.717) is 17.6 Å². The van der Waals surface area contributed by atoms with Gasteiger partial charge in [-0.1, -0.05) is 0 Å². The van der Waals surface area contributed by atoms with Crippen LogP contribution in [-0.4, -0.2) is 70.6 Å². The molecule has 2 N–H and O–H groups in total. The molecular formula is C25H27N7O2S. The van der Waals surface area contributed by atoms with Gasteiger partial charge in [-0.05, 0) is 48.6 Å². The van der Waals surface area contributed by atoms with E-state index in [1.54, 1.807) is 13.3 Å². The van der Waals surface area contributed by atoms with E-state index in [1.807, 2.05) is 35.8 Å². The Morgan fingerprint density at radius 1 is 1.17 bits per heavy atom. The van der Waals surface area contributed by atoms with E-state index in [1.165, 1.54) is 35.4 Å². The minimum absolute atomic E-state index is 0.0175. The lowest BCUT2D eigenvalue weighted by Crippen LogP contribution is -2.49. The molecule has 0 bridgehead atoms. The number of carbonyl (C=O) groups is 1. The van der Waals surface area contributed by atoms with Gasteiger partial charge in [0, 0.05) is 49.5 Å². The molecule has 6 rings (SSSR count). The van der Waals surface area contributed by atoms with Crippen LogP contribution in [0.4, 0.5) is 10.8 Å². The maximum atomic E-state index is 12.4. The van der Waals surface area contributed by atoms with E-state index in [0.717, 1.165) is 54.5 Å². The van der Waals surface area contributed by atoms with E-state index in [2.05, 4.69) is 25.1 Å². The van der Waals surface area contributed by atoms with Crippen molar-refractivity contribution in [1.82, 2.24) is 24.8 Å². The molecule has 1 saturated carbocycles. The molecule has 35 heavy (non-hydrogen) atoms. The lowest BCUT2D eigenvalue weighted by atomic mass is 10.1. The van der Waals surface area contributed by atoms with Gasteiger partial charge in [0.2, 0.25) is 5.91 Å². The van der Waals surface area contributed by atoms with Crippen molar-refractivity contribution < 1.29 is 9.53 Å². The summed E-state index contributed by atoms with van der Waals surface area (Å²) in [5, 5.41) is 5.38. The third-order valence-electron chi connectivity index (χ3n) is 6.64. The van der Waals surface area contributed by atoms with E-state index in [4.69, 9.17) is 14.7 Å². The minimum atomic E-state index is -0.0175. The lowest BCUT2D eigenvalue weighted by molar-refractivity contribution is -0.117. The average molecular weight is 490 g/mol. The fraction of sp³-hybridized carbons (Fsp3) is 0.360.